The molecule has 22 heavy (non-hydrogen) atoms. The topological polar surface area (TPSA) is 97.3 Å². The second-order valence-corrected chi connectivity index (χ2v) is 6.30. The van der Waals surface area contributed by atoms with Crippen molar-refractivity contribution >= 4 is 11.7 Å². The number of hydrogen-bond donors (Lipinski definition) is 1. The van der Waals surface area contributed by atoms with Crippen molar-refractivity contribution in [2.45, 2.75) is 39.7 Å². The average Bonchev–Trinajstić information content (AvgIpc) is 2.97. The molecular weight excluding hydrogens is 286 g/mol. The molecule has 0 saturated carbocycles. The van der Waals surface area contributed by atoms with Gasteiger partial charge in [0.2, 0.25) is 11.8 Å². The highest BCUT2D eigenvalue weighted by molar-refractivity contribution is 5.91. The van der Waals surface area contributed by atoms with Gasteiger partial charge < -0.3 is 14.4 Å². The van der Waals surface area contributed by atoms with Crippen molar-refractivity contribution in [2.75, 3.05) is 18.9 Å². The Hall–Kier alpha value is -2.22. The number of hydrogen-bond acceptors (Lipinski definition) is 7. The molecule has 8 nitrogen and oxygen atoms in total. The molecule has 2 rings (SSSR count). The fourth-order valence-electron chi connectivity index (χ4n) is 1.76. The maximum atomic E-state index is 11.9. The van der Waals surface area contributed by atoms with Gasteiger partial charge in [0.25, 0.3) is 0 Å². The van der Waals surface area contributed by atoms with Crippen LogP contribution in [0, 0.1) is 6.92 Å². The van der Waals surface area contributed by atoms with E-state index in [2.05, 4.69) is 20.6 Å². The van der Waals surface area contributed by atoms with Crippen LogP contribution >= 0.6 is 0 Å². The highest BCUT2D eigenvalue weighted by Crippen LogP contribution is 2.18. The minimum absolute atomic E-state index is 0.164. The van der Waals surface area contributed by atoms with Gasteiger partial charge in [-0.25, -0.2) is 0 Å². The summed E-state index contributed by atoms with van der Waals surface area (Å²) in [6.07, 6.45) is 0. The van der Waals surface area contributed by atoms with Crippen molar-refractivity contribution in [3.8, 4) is 0 Å². The number of carbonyl (C=O) groups excluding carboxylic acids is 1. The molecule has 0 aliphatic heterocycles. The van der Waals surface area contributed by atoms with Crippen LogP contribution in [-0.2, 0) is 16.8 Å². The summed E-state index contributed by atoms with van der Waals surface area (Å²) in [4.78, 5) is 18.0. The average molecular weight is 307 g/mol. The first-order valence-electron chi connectivity index (χ1n) is 6.99. The van der Waals surface area contributed by atoms with Gasteiger partial charge in [0.15, 0.2) is 11.6 Å². The quantitative estimate of drug-likeness (QED) is 0.898. The summed E-state index contributed by atoms with van der Waals surface area (Å²) in [7, 11) is 1.80. The number of aryl methyl sites for hydroxylation is 1. The monoisotopic (exact) mass is 307 g/mol. The second kappa shape index (κ2) is 6.27. The molecule has 0 fully saturated rings. The highest BCUT2D eigenvalue weighted by Gasteiger charge is 2.21. The molecule has 0 spiro atoms. The predicted octanol–water partition coefficient (Wildman–Crippen LogP) is 1.73. The SMILES string of the molecule is Cc1cc(NC(=O)CN(C)Cc2nc(C(C)(C)C)no2)no1. The molecule has 1 amide bonds. The largest absolute Gasteiger partial charge is 0.360 e. The molecular formula is C14H21N5O3. The molecule has 0 aliphatic carbocycles. The van der Waals surface area contributed by atoms with Crippen LogP contribution in [0.3, 0.4) is 0 Å². The fourth-order valence-corrected chi connectivity index (χ4v) is 1.76. The van der Waals surface area contributed by atoms with Gasteiger partial charge in [0, 0.05) is 11.5 Å². The van der Waals surface area contributed by atoms with E-state index in [-0.39, 0.29) is 17.9 Å². The summed E-state index contributed by atoms with van der Waals surface area (Å²) in [5.41, 5.74) is -0.164. The van der Waals surface area contributed by atoms with Crippen molar-refractivity contribution in [3.63, 3.8) is 0 Å². The van der Waals surface area contributed by atoms with Crippen LogP contribution in [-0.4, -0.2) is 39.7 Å². The molecule has 2 aromatic heterocycles. The summed E-state index contributed by atoms with van der Waals surface area (Å²) in [6, 6.07) is 1.66. The lowest BCUT2D eigenvalue weighted by atomic mass is 9.96. The van der Waals surface area contributed by atoms with Gasteiger partial charge in [-0.15, -0.1) is 0 Å². The number of nitrogens with one attached hydrogen (secondary N) is 1. The van der Waals surface area contributed by atoms with Crippen molar-refractivity contribution in [1.82, 2.24) is 20.2 Å². The Kier molecular flexibility index (Phi) is 4.60. The van der Waals surface area contributed by atoms with Crippen molar-refractivity contribution in [2.24, 2.45) is 0 Å². The summed E-state index contributed by atoms with van der Waals surface area (Å²) in [6.45, 7) is 8.38. The molecule has 0 unspecified atom stereocenters. The Balaban J connectivity index is 1.85. The normalized spacial score (nSPS) is 11.9. The van der Waals surface area contributed by atoms with E-state index >= 15 is 0 Å². The van der Waals surface area contributed by atoms with Crippen LogP contribution in [0.5, 0.6) is 0 Å². The maximum absolute atomic E-state index is 11.9. The number of rotatable bonds is 5. The van der Waals surface area contributed by atoms with Crippen molar-refractivity contribution in [3.05, 3.63) is 23.5 Å². The molecule has 2 aromatic rings. The minimum atomic E-state index is -0.189. The number of carbonyl (C=O) groups is 1. The third-order valence-corrected chi connectivity index (χ3v) is 2.85. The predicted molar refractivity (Wildman–Crippen MR) is 79.2 cm³/mol. The van der Waals surface area contributed by atoms with Gasteiger partial charge in [0.1, 0.15) is 5.76 Å². The lowest BCUT2D eigenvalue weighted by Crippen LogP contribution is -2.30. The molecule has 0 saturated heterocycles. The minimum Gasteiger partial charge on any atom is -0.360 e. The summed E-state index contributed by atoms with van der Waals surface area (Å²) in [5, 5.41) is 10.3. The first-order valence-corrected chi connectivity index (χ1v) is 6.99. The highest BCUT2D eigenvalue weighted by atomic mass is 16.5. The molecule has 0 bridgehead atoms. The zero-order chi connectivity index (χ0) is 16.3. The number of nitrogens with zero attached hydrogens (tertiary/aromatic N) is 4. The molecule has 0 aliphatic rings. The third-order valence-electron chi connectivity index (χ3n) is 2.85. The van der Waals surface area contributed by atoms with E-state index in [0.717, 1.165) is 0 Å². The lowest BCUT2D eigenvalue weighted by molar-refractivity contribution is -0.117. The van der Waals surface area contributed by atoms with E-state index in [9.17, 15) is 4.79 Å². The first kappa shape index (κ1) is 16.2. The van der Waals surface area contributed by atoms with Gasteiger partial charge in [0.05, 0.1) is 13.1 Å². The van der Waals surface area contributed by atoms with Crippen LogP contribution in [0.1, 0.15) is 38.2 Å². The van der Waals surface area contributed by atoms with Crippen LogP contribution in [0.15, 0.2) is 15.1 Å². The summed E-state index contributed by atoms with van der Waals surface area (Å²) < 4.78 is 10.1. The Morgan fingerprint density at radius 2 is 2.05 bits per heavy atom. The Bertz CT molecular complexity index is 641. The number of likely N-dealkylation sites (N-methyl/N-ethyl adjacent to an activating group) is 1. The number of anilines is 1. The zero-order valence-electron chi connectivity index (χ0n) is 13.5. The molecule has 0 aromatic carbocycles. The fraction of sp³-hybridized carbons (Fsp3) is 0.571. The molecule has 0 atom stereocenters. The number of amides is 1. The maximum Gasteiger partial charge on any atom is 0.240 e. The van der Waals surface area contributed by atoms with Gasteiger partial charge in [-0.1, -0.05) is 31.1 Å². The lowest BCUT2D eigenvalue weighted by Gasteiger charge is -2.13. The van der Waals surface area contributed by atoms with Crippen molar-refractivity contribution < 1.29 is 13.8 Å². The molecule has 8 heteroatoms. The molecule has 2 heterocycles. The molecule has 1 N–H and O–H groups in total. The van der Waals surface area contributed by atoms with Crippen LogP contribution in [0.4, 0.5) is 5.82 Å². The van der Waals surface area contributed by atoms with E-state index in [1.54, 1.807) is 24.9 Å². The smallest absolute Gasteiger partial charge is 0.240 e. The van der Waals surface area contributed by atoms with Gasteiger partial charge >= 0.3 is 0 Å². The van der Waals surface area contributed by atoms with Gasteiger partial charge in [-0.3, -0.25) is 9.69 Å². The van der Waals surface area contributed by atoms with E-state index in [4.69, 9.17) is 9.05 Å². The van der Waals surface area contributed by atoms with Gasteiger partial charge in [-0.2, -0.15) is 4.98 Å². The second-order valence-electron chi connectivity index (χ2n) is 6.30. The van der Waals surface area contributed by atoms with E-state index in [1.807, 2.05) is 20.8 Å². The standard InChI is InChI=1S/C14H21N5O3/c1-9-6-10(17-21-9)15-11(20)7-19(5)8-12-16-13(18-22-12)14(2,3)4/h6H,7-8H2,1-5H3,(H,15,17,20). The van der Waals surface area contributed by atoms with E-state index in [0.29, 0.717) is 29.8 Å². The molecule has 120 valence electrons. The zero-order valence-corrected chi connectivity index (χ0v) is 13.5. The third kappa shape index (κ3) is 4.39. The van der Waals surface area contributed by atoms with Gasteiger partial charge in [-0.05, 0) is 14.0 Å². The number of aromatic nitrogens is 3. The Morgan fingerprint density at radius 3 is 2.59 bits per heavy atom. The van der Waals surface area contributed by atoms with E-state index < -0.39 is 0 Å². The van der Waals surface area contributed by atoms with Crippen LogP contribution in [0.2, 0.25) is 0 Å². The Morgan fingerprint density at radius 1 is 1.32 bits per heavy atom. The van der Waals surface area contributed by atoms with Crippen molar-refractivity contribution in [1.29, 1.82) is 0 Å². The summed E-state index contributed by atoms with van der Waals surface area (Å²) in [5.74, 6) is 2.00. The van der Waals surface area contributed by atoms with E-state index in [1.165, 1.54) is 0 Å². The summed E-state index contributed by atoms with van der Waals surface area (Å²) >= 11 is 0. The van der Waals surface area contributed by atoms with Crippen LogP contribution in [0.25, 0.3) is 0 Å². The first-order chi connectivity index (χ1) is 10.2. The molecule has 0 radical (unpaired) electrons. The van der Waals surface area contributed by atoms with Crippen LogP contribution < -0.4 is 5.32 Å². The Labute approximate surface area is 128 Å².